The van der Waals surface area contributed by atoms with Gasteiger partial charge in [-0.1, -0.05) is 46.8 Å². The predicted octanol–water partition coefficient (Wildman–Crippen LogP) is 4.54. The number of carbonyl (C=O) groups is 2. The van der Waals surface area contributed by atoms with E-state index in [1.807, 2.05) is 28.8 Å². The molecular formula is C23H34N2O2S. The van der Waals surface area contributed by atoms with Gasteiger partial charge < -0.3 is 9.80 Å². The maximum atomic E-state index is 13.0. The zero-order chi connectivity index (χ0) is 20.5. The molecule has 0 atom stereocenters. The molecule has 154 valence electrons. The van der Waals surface area contributed by atoms with Gasteiger partial charge in [0.25, 0.3) is 5.91 Å². The van der Waals surface area contributed by atoms with Crippen molar-refractivity contribution >= 4 is 23.6 Å². The van der Waals surface area contributed by atoms with Crippen LogP contribution >= 0.6 is 11.8 Å². The van der Waals surface area contributed by atoms with Crippen molar-refractivity contribution < 1.29 is 9.59 Å². The van der Waals surface area contributed by atoms with E-state index >= 15 is 0 Å². The Balaban J connectivity index is 1.64. The maximum absolute atomic E-state index is 13.0. The first-order chi connectivity index (χ1) is 13.1. The lowest BCUT2D eigenvalue weighted by Crippen LogP contribution is -2.53. The molecular weight excluding hydrogens is 368 g/mol. The molecule has 0 aliphatic carbocycles. The van der Waals surface area contributed by atoms with Gasteiger partial charge >= 0.3 is 0 Å². The Labute approximate surface area is 174 Å². The summed E-state index contributed by atoms with van der Waals surface area (Å²) < 4.78 is 0. The topological polar surface area (TPSA) is 40.6 Å². The molecule has 2 saturated heterocycles. The fourth-order valence-electron chi connectivity index (χ4n) is 4.19. The van der Waals surface area contributed by atoms with Gasteiger partial charge in [0, 0.05) is 37.4 Å². The molecule has 1 spiro atoms. The minimum atomic E-state index is -0.0984. The number of nitrogens with zero attached hydrogens (tertiary/aromatic N) is 2. The number of likely N-dealkylation sites (tertiary alicyclic amines) is 1. The van der Waals surface area contributed by atoms with Crippen LogP contribution in [0, 0.1) is 5.92 Å². The summed E-state index contributed by atoms with van der Waals surface area (Å²) in [6.07, 6.45) is 2.35. The van der Waals surface area contributed by atoms with E-state index in [1.165, 1.54) is 5.56 Å². The number of carbonyl (C=O) groups excluding carboxylic acids is 2. The minimum absolute atomic E-state index is 0.0881. The molecule has 5 heteroatoms. The summed E-state index contributed by atoms with van der Waals surface area (Å²) in [5, 5.41) is 0. The standard InChI is InChI=1S/C23H34N2O2S/c1-17(2)16-20(26)25-14-15-28-23(25)10-12-24(13-11-23)21(27)18-6-8-19(9-7-18)22(3,4)5/h6-9,17H,10-16H2,1-5H3. The lowest BCUT2D eigenvalue weighted by atomic mass is 9.86. The second kappa shape index (κ2) is 8.10. The Bertz CT molecular complexity index is 713. The highest BCUT2D eigenvalue weighted by Gasteiger charge is 2.46. The Morgan fingerprint density at radius 1 is 1.07 bits per heavy atom. The van der Waals surface area contributed by atoms with E-state index in [-0.39, 0.29) is 22.1 Å². The molecule has 1 aromatic rings. The van der Waals surface area contributed by atoms with Gasteiger partial charge in [0.1, 0.15) is 0 Å². The molecule has 0 radical (unpaired) electrons. The largest absolute Gasteiger partial charge is 0.338 e. The van der Waals surface area contributed by atoms with Crippen molar-refractivity contribution in [2.45, 2.75) is 64.2 Å². The summed E-state index contributed by atoms with van der Waals surface area (Å²) >= 11 is 1.91. The van der Waals surface area contributed by atoms with Gasteiger partial charge in [0.15, 0.2) is 0 Å². The van der Waals surface area contributed by atoms with Crippen molar-refractivity contribution in [2.75, 3.05) is 25.4 Å². The molecule has 0 bridgehead atoms. The van der Waals surface area contributed by atoms with E-state index in [9.17, 15) is 9.59 Å². The van der Waals surface area contributed by atoms with Gasteiger partial charge in [0.05, 0.1) is 4.87 Å². The zero-order valence-electron chi connectivity index (χ0n) is 18.0. The number of hydrogen-bond acceptors (Lipinski definition) is 3. The van der Waals surface area contributed by atoms with Gasteiger partial charge in [-0.15, -0.1) is 11.8 Å². The first-order valence-electron chi connectivity index (χ1n) is 10.5. The van der Waals surface area contributed by atoms with Crippen LogP contribution < -0.4 is 0 Å². The molecule has 0 aromatic heterocycles. The first-order valence-corrected chi connectivity index (χ1v) is 11.5. The molecule has 2 aliphatic heterocycles. The van der Waals surface area contributed by atoms with Crippen LogP contribution in [0.4, 0.5) is 0 Å². The Morgan fingerprint density at radius 3 is 2.21 bits per heavy atom. The van der Waals surface area contributed by atoms with Crippen LogP contribution in [0.15, 0.2) is 24.3 Å². The molecule has 28 heavy (non-hydrogen) atoms. The summed E-state index contributed by atoms with van der Waals surface area (Å²) in [5.74, 6) is 1.77. The number of thioether (sulfide) groups is 1. The third kappa shape index (κ3) is 4.40. The monoisotopic (exact) mass is 402 g/mol. The van der Waals surface area contributed by atoms with Crippen LogP contribution in [0.2, 0.25) is 0 Å². The van der Waals surface area contributed by atoms with Crippen molar-refractivity contribution in [1.29, 1.82) is 0 Å². The van der Waals surface area contributed by atoms with Crippen molar-refractivity contribution in [3.63, 3.8) is 0 Å². The predicted molar refractivity (Wildman–Crippen MR) is 117 cm³/mol. The summed E-state index contributed by atoms with van der Waals surface area (Å²) in [6.45, 7) is 13.0. The Kier molecular flexibility index (Phi) is 6.14. The lowest BCUT2D eigenvalue weighted by molar-refractivity contribution is -0.135. The van der Waals surface area contributed by atoms with E-state index in [1.54, 1.807) is 0 Å². The van der Waals surface area contributed by atoms with E-state index in [4.69, 9.17) is 0 Å². The number of hydrogen-bond donors (Lipinski definition) is 0. The van der Waals surface area contributed by atoms with Crippen LogP contribution in [-0.4, -0.2) is 51.9 Å². The second-order valence-electron chi connectivity index (χ2n) is 9.56. The molecule has 0 unspecified atom stereocenters. The average Bonchev–Trinajstić information content (AvgIpc) is 3.04. The number of amides is 2. The summed E-state index contributed by atoms with van der Waals surface area (Å²) in [6, 6.07) is 8.04. The van der Waals surface area contributed by atoms with Gasteiger partial charge in [-0.25, -0.2) is 0 Å². The summed E-state index contributed by atoms with van der Waals surface area (Å²) in [4.78, 5) is 29.6. The SMILES string of the molecule is CC(C)CC(=O)N1CCSC12CCN(C(=O)c1ccc(C(C)(C)C)cc1)CC2. The Hall–Kier alpha value is -1.49. The summed E-state index contributed by atoms with van der Waals surface area (Å²) in [7, 11) is 0. The third-order valence-corrected chi connectivity index (χ3v) is 7.44. The van der Waals surface area contributed by atoms with Crippen LogP contribution in [0.1, 0.15) is 69.8 Å². The van der Waals surface area contributed by atoms with E-state index in [2.05, 4.69) is 51.7 Å². The van der Waals surface area contributed by atoms with E-state index in [0.717, 1.165) is 43.8 Å². The van der Waals surface area contributed by atoms with Crippen molar-refractivity contribution in [2.24, 2.45) is 5.92 Å². The molecule has 1 aromatic carbocycles. The normalized spacial score (nSPS) is 19.5. The molecule has 2 amide bonds. The maximum Gasteiger partial charge on any atom is 0.253 e. The fraction of sp³-hybridized carbons (Fsp3) is 0.652. The molecule has 2 aliphatic rings. The molecule has 4 nitrogen and oxygen atoms in total. The fourth-order valence-corrected chi connectivity index (χ4v) is 5.66. The van der Waals surface area contributed by atoms with E-state index in [0.29, 0.717) is 12.3 Å². The van der Waals surface area contributed by atoms with Crippen molar-refractivity contribution in [1.82, 2.24) is 9.80 Å². The Morgan fingerprint density at radius 2 is 1.68 bits per heavy atom. The third-order valence-electron chi connectivity index (χ3n) is 5.89. The number of piperidine rings is 1. The van der Waals surface area contributed by atoms with Crippen LogP contribution in [0.25, 0.3) is 0 Å². The minimum Gasteiger partial charge on any atom is -0.338 e. The molecule has 2 fully saturated rings. The van der Waals surface area contributed by atoms with Gasteiger partial charge in [-0.3, -0.25) is 9.59 Å². The van der Waals surface area contributed by atoms with Crippen molar-refractivity contribution in [3.05, 3.63) is 35.4 Å². The number of rotatable bonds is 3. The molecule has 2 heterocycles. The van der Waals surface area contributed by atoms with Crippen LogP contribution in [0.3, 0.4) is 0 Å². The highest BCUT2D eigenvalue weighted by Crippen LogP contribution is 2.44. The lowest BCUT2D eigenvalue weighted by Gasteiger charge is -2.44. The van der Waals surface area contributed by atoms with Crippen LogP contribution in [-0.2, 0) is 10.2 Å². The summed E-state index contributed by atoms with van der Waals surface area (Å²) in [5.41, 5.74) is 2.09. The average molecular weight is 403 g/mol. The first kappa shape index (κ1) is 21.2. The van der Waals surface area contributed by atoms with Gasteiger partial charge in [-0.2, -0.15) is 0 Å². The van der Waals surface area contributed by atoms with Gasteiger partial charge in [-0.05, 0) is 41.9 Å². The van der Waals surface area contributed by atoms with Crippen LogP contribution in [0.5, 0.6) is 0 Å². The van der Waals surface area contributed by atoms with Crippen molar-refractivity contribution in [3.8, 4) is 0 Å². The highest BCUT2D eigenvalue weighted by atomic mass is 32.2. The quantitative estimate of drug-likeness (QED) is 0.745. The second-order valence-corrected chi connectivity index (χ2v) is 11.0. The molecule has 3 rings (SSSR count). The zero-order valence-corrected chi connectivity index (χ0v) is 18.8. The van der Waals surface area contributed by atoms with E-state index < -0.39 is 0 Å². The van der Waals surface area contributed by atoms with Gasteiger partial charge in [0.2, 0.25) is 5.91 Å². The number of benzene rings is 1. The highest BCUT2D eigenvalue weighted by molar-refractivity contribution is 8.00. The molecule has 0 N–H and O–H groups in total. The molecule has 0 saturated carbocycles. The smallest absolute Gasteiger partial charge is 0.253 e.